The molecule has 0 radical (unpaired) electrons. The molecule has 5 nitrogen and oxygen atoms in total. The highest BCUT2D eigenvalue weighted by Gasteiger charge is 2.29. The minimum Gasteiger partial charge on any atom is -0.331 e. The molecule has 0 bridgehead atoms. The van der Waals surface area contributed by atoms with E-state index in [4.69, 9.17) is 0 Å². The van der Waals surface area contributed by atoms with Crippen molar-refractivity contribution >= 4 is 20.9 Å². The maximum Gasteiger partial charge on any atom is 0.177 e. The zero-order valence-corrected chi connectivity index (χ0v) is 12.7. The molecule has 1 aromatic carbocycles. The molecule has 20 heavy (non-hydrogen) atoms. The number of para-hydroxylation sites is 1. The lowest BCUT2D eigenvalue weighted by Gasteiger charge is -2.14. The Hall–Kier alpha value is -1.40. The highest BCUT2D eigenvalue weighted by Crippen LogP contribution is 2.31. The van der Waals surface area contributed by atoms with Gasteiger partial charge in [-0.1, -0.05) is 6.07 Å². The second-order valence-corrected chi connectivity index (χ2v) is 7.55. The number of hydrogen-bond donors (Lipinski definition) is 1. The van der Waals surface area contributed by atoms with Crippen molar-refractivity contribution in [3.05, 3.63) is 24.0 Å². The Balaban J connectivity index is 2.24. The van der Waals surface area contributed by atoms with Crippen LogP contribution in [0.15, 0.2) is 23.1 Å². The number of nitrogens with zero attached hydrogens (tertiary/aromatic N) is 2. The SMILES string of the molecule is CC1NCCC1c1nc2c(S(C)(=O)=O)cccc2n1C. The van der Waals surface area contributed by atoms with E-state index in [1.165, 1.54) is 6.26 Å². The van der Waals surface area contributed by atoms with Gasteiger partial charge in [-0.3, -0.25) is 0 Å². The van der Waals surface area contributed by atoms with Crippen LogP contribution in [0.4, 0.5) is 0 Å². The number of nitrogens with one attached hydrogen (secondary N) is 1. The molecule has 108 valence electrons. The number of aryl methyl sites for hydroxylation is 1. The number of hydrogen-bond acceptors (Lipinski definition) is 4. The highest BCUT2D eigenvalue weighted by molar-refractivity contribution is 7.91. The zero-order chi connectivity index (χ0) is 14.5. The standard InChI is InChI=1S/C14H19N3O2S/c1-9-10(7-8-15-9)14-16-13-11(17(14)2)5-4-6-12(13)20(3,18)19/h4-6,9-10,15H,7-8H2,1-3H3. The van der Waals surface area contributed by atoms with E-state index < -0.39 is 9.84 Å². The maximum atomic E-state index is 11.9. The third kappa shape index (κ3) is 2.03. The van der Waals surface area contributed by atoms with Crippen molar-refractivity contribution in [2.24, 2.45) is 7.05 Å². The second-order valence-electron chi connectivity index (χ2n) is 5.56. The summed E-state index contributed by atoms with van der Waals surface area (Å²) in [5.74, 6) is 1.30. The summed E-state index contributed by atoms with van der Waals surface area (Å²) in [6, 6.07) is 5.70. The summed E-state index contributed by atoms with van der Waals surface area (Å²) in [6.07, 6.45) is 2.27. The fourth-order valence-electron chi connectivity index (χ4n) is 3.05. The average Bonchev–Trinajstić information content (AvgIpc) is 2.92. The topological polar surface area (TPSA) is 64.0 Å². The van der Waals surface area contributed by atoms with E-state index in [-0.39, 0.29) is 0 Å². The van der Waals surface area contributed by atoms with Crippen molar-refractivity contribution < 1.29 is 8.42 Å². The largest absolute Gasteiger partial charge is 0.331 e. The second kappa shape index (κ2) is 4.56. The molecule has 0 aliphatic carbocycles. The minimum absolute atomic E-state index is 0.315. The van der Waals surface area contributed by atoms with Crippen molar-refractivity contribution in [1.82, 2.24) is 14.9 Å². The molecule has 1 saturated heterocycles. The third-order valence-corrected chi connectivity index (χ3v) is 5.29. The fourth-order valence-corrected chi connectivity index (χ4v) is 3.88. The smallest absolute Gasteiger partial charge is 0.177 e. The third-order valence-electron chi connectivity index (χ3n) is 4.17. The van der Waals surface area contributed by atoms with E-state index >= 15 is 0 Å². The van der Waals surface area contributed by atoms with Crippen LogP contribution in [0.25, 0.3) is 11.0 Å². The van der Waals surface area contributed by atoms with Crippen LogP contribution in [0, 0.1) is 0 Å². The van der Waals surface area contributed by atoms with Gasteiger partial charge in [0.2, 0.25) is 0 Å². The first-order valence-corrected chi connectivity index (χ1v) is 8.67. The summed E-state index contributed by atoms with van der Waals surface area (Å²) in [5.41, 5.74) is 1.47. The molecule has 1 fully saturated rings. The van der Waals surface area contributed by atoms with Crippen LogP contribution < -0.4 is 5.32 Å². The predicted molar refractivity (Wildman–Crippen MR) is 78.6 cm³/mol. The van der Waals surface area contributed by atoms with Crippen LogP contribution in [0.3, 0.4) is 0 Å². The molecule has 3 rings (SSSR count). The molecule has 1 aliphatic heterocycles. The molecule has 2 unspecified atom stereocenters. The Labute approximate surface area is 118 Å². The molecule has 0 amide bonds. The highest BCUT2D eigenvalue weighted by atomic mass is 32.2. The summed E-state index contributed by atoms with van der Waals surface area (Å²) < 4.78 is 25.8. The van der Waals surface area contributed by atoms with Gasteiger partial charge in [0, 0.05) is 25.3 Å². The molecule has 1 N–H and O–H groups in total. The van der Waals surface area contributed by atoms with Gasteiger partial charge in [0.05, 0.1) is 10.4 Å². The molecule has 2 aromatic rings. The Kier molecular flexibility index (Phi) is 3.10. The molecule has 2 heterocycles. The normalized spacial score (nSPS) is 23.6. The summed E-state index contributed by atoms with van der Waals surface area (Å²) in [7, 11) is -1.30. The lowest BCUT2D eigenvalue weighted by atomic mass is 10.0. The van der Waals surface area contributed by atoms with Crippen molar-refractivity contribution in [3.63, 3.8) is 0 Å². The van der Waals surface area contributed by atoms with Crippen LogP contribution in [-0.4, -0.2) is 36.8 Å². The van der Waals surface area contributed by atoms with Gasteiger partial charge in [0.1, 0.15) is 11.3 Å². The molecule has 1 aliphatic rings. The van der Waals surface area contributed by atoms with Crippen LogP contribution in [-0.2, 0) is 16.9 Å². The van der Waals surface area contributed by atoms with Crippen molar-refractivity contribution in [3.8, 4) is 0 Å². The van der Waals surface area contributed by atoms with Gasteiger partial charge in [-0.15, -0.1) is 0 Å². The average molecular weight is 293 g/mol. The minimum atomic E-state index is -3.26. The van der Waals surface area contributed by atoms with E-state index in [1.54, 1.807) is 12.1 Å². The number of imidazole rings is 1. The molecular weight excluding hydrogens is 274 g/mol. The summed E-state index contributed by atoms with van der Waals surface area (Å²) in [5, 5.41) is 3.41. The number of benzene rings is 1. The summed E-state index contributed by atoms with van der Waals surface area (Å²) in [4.78, 5) is 4.97. The Morgan fingerprint density at radius 3 is 2.75 bits per heavy atom. The molecular formula is C14H19N3O2S. The lowest BCUT2D eigenvalue weighted by Crippen LogP contribution is -2.23. The first-order chi connectivity index (χ1) is 9.39. The molecule has 2 atom stereocenters. The predicted octanol–water partition coefficient (Wildman–Crippen LogP) is 1.44. The molecule has 1 aromatic heterocycles. The Bertz CT molecular complexity index is 764. The van der Waals surface area contributed by atoms with Crippen molar-refractivity contribution in [1.29, 1.82) is 0 Å². The van der Waals surface area contributed by atoms with Gasteiger partial charge in [-0.05, 0) is 32.0 Å². The van der Waals surface area contributed by atoms with E-state index in [2.05, 4.69) is 17.2 Å². The van der Waals surface area contributed by atoms with Gasteiger partial charge in [-0.25, -0.2) is 13.4 Å². The van der Waals surface area contributed by atoms with Crippen LogP contribution in [0.5, 0.6) is 0 Å². The first-order valence-electron chi connectivity index (χ1n) is 6.78. The summed E-state index contributed by atoms with van der Waals surface area (Å²) >= 11 is 0. The van der Waals surface area contributed by atoms with Crippen LogP contribution in [0.2, 0.25) is 0 Å². The number of aromatic nitrogens is 2. The van der Waals surface area contributed by atoms with Crippen molar-refractivity contribution in [2.75, 3.05) is 12.8 Å². The molecule has 0 saturated carbocycles. The number of rotatable bonds is 2. The maximum absolute atomic E-state index is 11.9. The fraction of sp³-hybridized carbons (Fsp3) is 0.500. The number of fused-ring (bicyclic) bond motifs is 1. The molecule has 6 heteroatoms. The zero-order valence-electron chi connectivity index (χ0n) is 11.9. The van der Waals surface area contributed by atoms with Crippen LogP contribution >= 0.6 is 0 Å². The van der Waals surface area contributed by atoms with Crippen LogP contribution in [0.1, 0.15) is 25.1 Å². The lowest BCUT2D eigenvalue weighted by molar-refractivity contribution is 0.554. The van der Waals surface area contributed by atoms with E-state index in [0.717, 1.165) is 24.3 Å². The van der Waals surface area contributed by atoms with E-state index in [0.29, 0.717) is 22.4 Å². The quantitative estimate of drug-likeness (QED) is 0.910. The van der Waals surface area contributed by atoms with Gasteiger partial charge >= 0.3 is 0 Å². The van der Waals surface area contributed by atoms with Gasteiger partial charge in [-0.2, -0.15) is 0 Å². The van der Waals surface area contributed by atoms with Crippen molar-refractivity contribution in [2.45, 2.75) is 30.2 Å². The Morgan fingerprint density at radius 2 is 2.15 bits per heavy atom. The monoisotopic (exact) mass is 293 g/mol. The van der Waals surface area contributed by atoms with E-state index in [9.17, 15) is 8.42 Å². The van der Waals surface area contributed by atoms with Gasteiger partial charge < -0.3 is 9.88 Å². The number of sulfone groups is 1. The Morgan fingerprint density at radius 1 is 1.40 bits per heavy atom. The summed E-state index contributed by atoms with van der Waals surface area (Å²) in [6.45, 7) is 3.13. The molecule has 0 spiro atoms. The first kappa shape index (κ1) is 13.6. The van der Waals surface area contributed by atoms with Gasteiger partial charge in [0.25, 0.3) is 0 Å². The van der Waals surface area contributed by atoms with Gasteiger partial charge in [0.15, 0.2) is 9.84 Å². The van der Waals surface area contributed by atoms with E-state index in [1.807, 2.05) is 17.7 Å².